The van der Waals surface area contributed by atoms with Gasteiger partial charge in [0.1, 0.15) is 23.2 Å². The second-order valence-corrected chi connectivity index (χ2v) is 8.57. The Morgan fingerprint density at radius 3 is 2.38 bits per heavy atom. The smallest absolute Gasteiger partial charge is 0.254 e. The first-order valence-electron chi connectivity index (χ1n) is 10.9. The van der Waals surface area contributed by atoms with Gasteiger partial charge in [0.25, 0.3) is 5.91 Å². The molecule has 0 bridgehead atoms. The maximum atomic E-state index is 14.8. The van der Waals surface area contributed by atoms with Crippen LogP contribution in [-0.4, -0.2) is 11.7 Å². The van der Waals surface area contributed by atoms with Crippen molar-refractivity contribution in [2.75, 3.05) is 4.90 Å². The Labute approximate surface area is 194 Å². The molecule has 3 aromatic rings. The van der Waals surface area contributed by atoms with E-state index in [0.717, 1.165) is 0 Å². The van der Waals surface area contributed by atoms with Gasteiger partial charge in [-0.2, -0.15) is 0 Å². The van der Waals surface area contributed by atoms with Crippen molar-refractivity contribution in [2.24, 2.45) is 5.92 Å². The summed E-state index contributed by atoms with van der Waals surface area (Å²) in [5, 5.41) is 2.90. The van der Waals surface area contributed by atoms with Gasteiger partial charge in [0.2, 0.25) is 0 Å². The zero-order valence-electron chi connectivity index (χ0n) is 18.3. The minimum absolute atomic E-state index is 0.0108. The molecule has 3 aromatic carbocycles. The number of carbonyl (C=O) groups excluding carboxylic acids is 2. The molecule has 1 N–H and O–H groups in total. The Morgan fingerprint density at radius 2 is 1.71 bits per heavy atom. The minimum Gasteiger partial charge on any atom is -0.344 e. The molecule has 1 aliphatic carbocycles. The number of nitrogens with zero attached hydrogens (tertiary/aromatic N) is 1. The average Bonchev–Trinajstić information content (AvgIpc) is 3.54. The number of allylic oxidation sites excluding steroid dienone is 1. The Morgan fingerprint density at radius 1 is 1.00 bits per heavy atom. The molecule has 1 amide bonds. The molecule has 0 spiro atoms. The van der Waals surface area contributed by atoms with Crippen molar-refractivity contribution in [1.29, 1.82) is 0 Å². The van der Waals surface area contributed by atoms with E-state index in [0.29, 0.717) is 34.5 Å². The number of amides is 1. The first kappa shape index (κ1) is 21.9. The van der Waals surface area contributed by atoms with Gasteiger partial charge >= 0.3 is 0 Å². The van der Waals surface area contributed by atoms with Gasteiger partial charge in [-0.3, -0.25) is 9.59 Å². The highest BCUT2D eigenvalue weighted by Crippen LogP contribution is 2.40. The van der Waals surface area contributed by atoms with Gasteiger partial charge in [0, 0.05) is 29.3 Å². The van der Waals surface area contributed by atoms with E-state index in [1.54, 1.807) is 36.1 Å². The lowest BCUT2D eigenvalue weighted by atomic mass is 9.91. The lowest BCUT2D eigenvalue weighted by Gasteiger charge is -2.34. The maximum Gasteiger partial charge on any atom is 0.254 e. The zero-order valence-corrected chi connectivity index (χ0v) is 18.3. The predicted octanol–water partition coefficient (Wildman–Crippen LogP) is 5.30. The molecule has 0 aromatic heterocycles. The van der Waals surface area contributed by atoms with E-state index in [-0.39, 0.29) is 17.9 Å². The number of Topliss-reactive ketones (excluding diaryl/α,β-unsaturated/α-hetero) is 1. The van der Waals surface area contributed by atoms with E-state index < -0.39 is 35.3 Å². The lowest BCUT2D eigenvalue weighted by molar-refractivity contribution is -0.116. The normalized spacial score (nSPS) is 17.9. The molecule has 1 unspecified atom stereocenters. The third-order valence-electron chi connectivity index (χ3n) is 6.41. The summed E-state index contributed by atoms with van der Waals surface area (Å²) in [7, 11) is 0. The Hall–Kier alpha value is -3.87. The average molecular weight is 462 g/mol. The van der Waals surface area contributed by atoms with E-state index in [1.165, 1.54) is 42.5 Å². The van der Waals surface area contributed by atoms with Crippen LogP contribution in [0.1, 0.15) is 36.1 Å². The third-order valence-corrected chi connectivity index (χ3v) is 6.41. The molecule has 0 saturated heterocycles. The van der Waals surface area contributed by atoms with Crippen LogP contribution in [-0.2, 0) is 16.1 Å². The van der Waals surface area contributed by atoms with E-state index in [9.17, 15) is 22.8 Å². The Kier molecular flexibility index (Phi) is 5.48. The van der Waals surface area contributed by atoms with Gasteiger partial charge < -0.3 is 10.2 Å². The monoisotopic (exact) mass is 462 g/mol. The summed E-state index contributed by atoms with van der Waals surface area (Å²) in [5.74, 6) is -2.27. The summed E-state index contributed by atoms with van der Waals surface area (Å²) in [6, 6.07) is 15.4. The summed E-state index contributed by atoms with van der Waals surface area (Å²) in [6.07, 6.45) is 0.298. The summed E-state index contributed by atoms with van der Waals surface area (Å²) in [4.78, 5) is 27.4. The number of ketones is 1. The summed E-state index contributed by atoms with van der Waals surface area (Å²) in [6.45, 7) is 1.91. The van der Waals surface area contributed by atoms with Crippen LogP contribution in [0.3, 0.4) is 0 Å². The molecular weight excluding hydrogens is 441 g/mol. The number of carbonyl (C=O) groups is 2. The molecule has 172 valence electrons. The molecule has 0 radical (unpaired) electrons. The van der Waals surface area contributed by atoms with Crippen LogP contribution < -0.4 is 10.2 Å². The maximum absolute atomic E-state index is 14.8. The molecule has 7 heteroatoms. The Bertz CT molecular complexity index is 1330. The number of hydrogen-bond donors (Lipinski definition) is 1. The molecule has 2 atom stereocenters. The first-order valence-corrected chi connectivity index (χ1v) is 10.9. The number of benzene rings is 3. The number of anilines is 1. The summed E-state index contributed by atoms with van der Waals surface area (Å²) >= 11 is 0. The van der Waals surface area contributed by atoms with Crippen LogP contribution >= 0.6 is 0 Å². The van der Waals surface area contributed by atoms with Crippen molar-refractivity contribution < 1.29 is 22.8 Å². The predicted molar refractivity (Wildman–Crippen MR) is 122 cm³/mol. The van der Waals surface area contributed by atoms with E-state index in [2.05, 4.69) is 5.32 Å². The number of nitrogens with one attached hydrogen (secondary N) is 1. The number of halogens is 3. The fourth-order valence-electron chi connectivity index (χ4n) is 4.54. The highest BCUT2D eigenvalue weighted by Gasteiger charge is 2.44. The molecule has 2 aliphatic rings. The molecule has 1 heterocycles. The van der Waals surface area contributed by atoms with Gasteiger partial charge in [-0.05, 0) is 60.5 Å². The second-order valence-electron chi connectivity index (χ2n) is 8.57. The molecule has 1 saturated carbocycles. The standard InChI is InChI=1S/C27H21F3N2O2/c1-15-25(27(34)31-26(21-13-24(21)33)16-4-2-5-18(29)12-16)20-6-3-7-23(30)22(20)14-32(15)19-10-8-17(28)9-11-19/h2-12,21,26H,13-14H2,1H3,(H,31,34)/t21?,26-/m1/s1. The van der Waals surface area contributed by atoms with Crippen LogP contribution in [0.5, 0.6) is 0 Å². The second kappa shape index (κ2) is 8.48. The van der Waals surface area contributed by atoms with E-state index in [4.69, 9.17) is 0 Å². The van der Waals surface area contributed by atoms with E-state index >= 15 is 0 Å². The highest BCUT2D eigenvalue weighted by molar-refractivity contribution is 6.22. The number of rotatable bonds is 5. The Balaban J connectivity index is 1.57. The topological polar surface area (TPSA) is 49.4 Å². The van der Waals surface area contributed by atoms with Gasteiger partial charge in [0.15, 0.2) is 0 Å². The van der Waals surface area contributed by atoms with Crippen molar-refractivity contribution in [3.63, 3.8) is 0 Å². The molecular formula is C27H21F3N2O2. The van der Waals surface area contributed by atoms with Crippen molar-refractivity contribution >= 4 is 23.0 Å². The molecule has 1 aliphatic heterocycles. The minimum atomic E-state index is -0.700. The fraction of sp³-hybridized carbons (Fsp3) is 0.185. The molecule has 4 nitrogen and oxygen atoms in total. The number of fused-ring (bicyclic) bond motifs is 1. The highest BCUT2D eigenvalue weighted by atomic mass is 19.1. The SMILES string of the molecule is CC1=C(C(=O)N[C@H](c2cccc(F)c2)C2CC2=O)c2cccc(F)c2CN1c1ccc(F)cc1. The van der Waals surface area contributed by atoms with Crippen LogP contribution in [0.25, 0.3) is 5.57 Å². The van der Waals surface area contributed by atoms with Gasteiger partial charge in [-0.25, -0.2) is 13.2 Å². The third kappa shape index (κ3) is 3.98. The quantitative estimate of drug-likeness (QED) is 0.560. The largest absolute Gasteiger partial charge is 0.344 e. The van der Waals surface area contributed by atoms with Crippen LogP contribution in [0, 0.1) is 23.4 Å². The van der Waals surface area contributed by atoms with Crippen molar-refractivity contribution in [3.8, 4) is 0 Å². The van der Waals surface area contributed by atoms with Crippen LogP contribution in [0.15, 0.2) is 72.4 Å². The van der Waals surface area contributed by atoms with Crippen LogP contribution in [0.4, 0.5) is 18.9 Å². The fourth-order valence-corrected chi connectivity index (χ4v) is 4.54. The first-order chi connectivity index (χ1) is 16.3. The van der Waals surface area contributed by atoms with Gasteiger partial charge in [-0.15, -0.1) is 0 Å². The summed E-state index contributed by atoms with van der Waals surface area (Å²) in [5.41, 5.74) is 2.70. The summed E-state index contributed by atoms with van der Waals surface area (Å²) < 4.78 is 42.2. The van der Waals surface area contributed by atoms with Crippen LogP contribution in [0.2, 0.25) is 0 Å². The van der Waals surface area contributed by atoms with Crippen molar-refractivity contribution in [3.05, 3.63) is 107 Å². The number of hydrogen-bond acceptors (Lipinski definition) is 3. The van der Waals surface area contributed by atoms with Gasteiger partial charge in [-0.1, -0.05) is 24.3 Å². The van der Waals surface area contributed by atoms with Crippen molar-refractivity contribution in [2.45, 2.75) is 25.9 Å². The lowest BCUT2D eigenvalue weighted by Crippen LogP contribution is -2.36. The molecule has 5 rings (SSSR count). The van der Waals surface area contributed by atoms with Crippen molar-refractivity contribution in [1.82, 2.24) is 5.32 Å². The molecule has 34 heavy (non-hydrogen) atoms. The van der Waals surface area contributed by atoms with Gasteiger partial charge in [0.05, 0.1) is 18.2 Å². The molecule has 1 fully saturated rings. The zero-order chi connectivity index (χ0) is 24.0. The van der Waals surface area contributed by atoms with E-state index in [1.807, 2.05) is 0 Å².